The van der Waals surface area contributed by atoms with Crippen LogP contribution < -0.4 is 11.1 Å². The normalized spacial score (nSPS) is 13.3. The van der Waals surface area contributed by atoms with Crippen molar-refractivity contribution in [3.05, 3.63) is 0 Å². The Kier molecular flexibility index (Phi) is 5.75. The van der Waals surface area contributed by atoms with E-state index in [2.05, 4.69) is 5.32 Å². The average molecular weight is 232 g/mol. The molecule has 0 aliphatic rings. The Balaban J connectivity index is 4.40. The molecule has 0 saturated carbocycles. The van der Waals surface area contributed by atoms with Crippen molar-refractivity contribution in [1.82, 2.24) is 5.32 Å². The Bertz CT molecular complexity index is 242. The highest BCUT2D eigenvalue weighted by atomic mass is 32.1. The molecule has 88 valence electrons. The third kappa shape index (κ3) is 5.09. The molecule has 5 heteroatoms. The third-order valence-corrected chi connectivity index (χ3v) is 2.32. The second-order valence-electron chi connectivity index (χ2n) is 4.17. The smallest absolute Gasteiger partial charge is 0.230 e. The summed E-state index contributed by atoms with van der Waals surface area (Å²) in [5.74, 6) is -0.525. The maximum Gasteiger partial charge on any atom is 0.230 e. The summed E-state index contributed by atoms with van der Waals surface area (Å²) >= 11 is 4.83. The molecule has 0 rings (SSSR count). The first-order valence-electron chi connectivity index (χ1n) is 4.94. The predicted octanol–water partition coefficient (Wildman–Crippen LogP) is 0.840. The summed E-state index contributed by atoms with van der Waals surface area (Å²) in [6.07, 6.45) is 0.615. The SMILES string of the molecule is CCC(C(=O)NC(C)(C)COC)C(N)=S. The molecular weight excluding hydrogens is 212 g/mol. The van der Waals surface area contributed by atoms with E-state index in [1.807, 2.05) is 20.8 Å². The Morgan fingerprint density at radius 3 is 2.47 bits per heavy atom. The van der Waals surface area contributed by atoms with E-state index < -0.39 is 11.5 Å². The van der Waals surface area contributed by atoms with Gasteiger partial charge in [0.05, 0.1) is 23.1 Å². The lowest BCUT2D eigenvalue weighted by atomic mass is 10.0. The molecule has 1 amide bonds. The molecule has 4 nitrogen and oxygen atoms in total. The molecule has 0 aromatic carbocycles. The van der Waals surface area contributed by atoms with Crippen molar-refractivity contribution in [3.8, 4) is 0 Å². The van der Waals surface area contributed by atoms with Gasteiger partial charge in [-0.3, -0.25) is 4.79 Å². The van der Waals surface area contributed by atoms with Crippen molar-refractivity contribution < 1.29 is 9.53 Å². The Morgan fingerprint density at radius 1 is 1.60 bits per heavy atom. The minimum absolute atomic E-state index is 0.132. The molecule has 0 radical (unpaired) electrons. The highest BCUT2D eigenvalue weighted by molar-refractivity contribution is 7.80. The van der Waals surface area contributed by atoms with Crippen molar-refractivity contribution in [2.75, 3.05) is 13.7 Å². The molecule has 1 unspecified atom stereocenters. The highest BCUT2D eigenvalue weighted by Crippen LogP contribution is 2.08. The minimum Gasteiger partial charge on any atom is -0.393 e. The lowest BCUT2D eigenvalue weighted by molar-refractivity contribution is -0.125. The van der Waals surface area contributed by atoms with Crippen molar-refractivity contribution in [3.63, 3.8) is 0 Å². The monoisotopic (exact) mass is 232 g/mol. The van der Waals surface area contributed by atoms with Gasteiger partial charge in [0.2, 0.25) is 5.91 Å². The number of rotatable bonds is 6. The molecule has 0 aliphatic carbocycles. The zero-order valence-electron chi connectivity index (χ0n) is 9.79. The van der Waals surface area contributed by atoms with Gasteiger partial charge in [-0.2, -0.15) is 0 Å². The molecule has 1 atom stereocenters. The quantitative estimate of drug-likeness (QED) is 0.666. The van der Waals surface area contributed by atoms with Crippen molar-refractivity contribution in [2.45, 2.75) is 32.7 Å². The van der Waals surface area contributed by atoms with Crippen LogP contribution in [-0.2, 0) is 9.53 Å². The zero-order valence-corrected chi connectivity index (χ0v) is 10.6. The number of methoxy groups -OCH3 is 1. The van der Waals surface area contributed by atoms with Gasteiger partial charge in [-0.25, -0.2) is 0 Å². The maximum atomic E-state index is 11.8. The first-order chi connectivity index (χ1) is 6.84. The second kappa shape index (κ2) is 6.02. The molecule has 0 fully saturated rings. The van der Waals surface area contributed by atoms with E-state index in [9.17, 15) is 4.79 Å². The van der Waals surface area contributed by atoms with E-state index in [1.54, 1.807) is 7.11 Å². The molecule has 0 saturated heterocycles. The van der Waals surface area contributed by atoms with E-state index >= 15 is 0 Å². The van der Waals surface area contributed by atoms with Gasteiger partial charge >= 0.3 is 0 Å². The number of carbonyl (C=O) groups excluding carboxylic acids is 1. The van der Waals surface area contributed by atoms with Gasteiger partial charge in [0.1, 0.15) is 0 Å². The lowest BCUT2D eigenvalue weighted by Crippen LogP contribution is -2.50. The number of carbonyl (C=O) groups is 1. The predicted molar refractivity (Wildman–Crippen MR) is 64.7 cm³/mol. The fraction of sp³-hybridized carbons (Fsp3) is 0.800. The average Bonchev–Trinajstić information content (AvgIpc) is 2.02. The Morgan fingerprint density at radius 2 is 2.13 bits per heavy atom. The number of nitrogens with one attached hydrogen (secondary N) is 1. The minimum atomic E-state index is -0.399. The van der Waals surface area contributed by atoms with E-state index in [4.69, 9.17) is 22.7 Å². The summed E-state index contributed by atoms with van der Waals surface area (Å²) in [5, 5.41) is 2.86. The topological polar surface area (TPSA) is 64.3 Å². The fourth-order valence-corrected chi connectivity index (χ4v) is 1.61. The molecule has 0 spiro atoms. The van der Waals surface area contributed by atoms with Gasteiger partial charge in [0.25, 0.3) is 0 Å². The van der Waals surface area contributed by atoms with Crippen LogP contribution in [0.1, 0.15) is 27.2 Å². The summed E-state index contributed by atoms with van der Waals surface area (Å²) in [5.41, 5.74) is 5.08. The van der Waals surface area contributed by atoms with Gasteiger partial charge < -0.3 is 15.8 Å². The van der Waals surface area contributed by atoms with Crippen LogP contribution in [0, 0.1) is 5.92 Å². The van der Waals surface area contributed by atoms with Gasteiger partial charge in [-0.1, -0.05) is 19.1 Å². The molecule has 3 N–H and O–H groups in total. The van der Waals surface area contributed by atoms with Gasteiger partial charge in [-0.05, 0) is 20.3 Å². The molecular formula is C10H20N2O2S. The zero-order chi connectivity index (χ0) is 12.1. The van der Waals surface area contributed by atoms with Crippen LogP contribution in [0.3, 0.4) is 0 Å². The van der Waals surface area contributed by atoms with Crippen LogP contribution in [-0.4, -0.2) is 30.2 Å². The number of hydrogen-bond acceptors (Lipinski definition) is 3. The summed E-state index contributed by atoms with van der Waals surface area (Å²) < 4.78 is 5.00. The Labute approximate surface area is 96.5 Å². The number of amides is 1. The van der Waals surface area contributed by atoms with Gasteiger partial charge in [-0.15, -0.1) is 0 Å². The number of hydrogen-bond donors (Lipinski definition) is 2. The molecule has 0 bridgehead atoms. The summed E-state index contributed by atoms with van der Waals surface area (Å²) in [6, 6.07) is 0. The molecule has 0 aromatic rings. The van der Waals surface area contributed by atoms with Crippen molar-refractivity contribution in [1.29, 1.82) is 0 Å². The van der Waals surface area contributed by atoms with Gasteiger partial charge in [0.15, 0.2) is 0 Å². The van der Waals surface area contributed by atoms with Crippen molar-refractivity contribution in [2.24, 2.45) is 11.7 Å². The van der Waals surface area contributed by atoms with E-state index in [1.165, 1.54) is 0 Å². The largest absolute Gasteiger partial charge is 0.393 e. The fourth-order valence-electron chi connectivity index (χ4n) is 1.33. The van der Waals surface area contributed by atoms with Crippen LogP contribution in [0.15, 0.2) is 0 Å². The van der Waals surface area contributed by atoms with Crippen LogP contribution in [0.25, 0.3) is 0 Å². The van der Waals surface area contributed by atoms with Crippen LogP contribution in [0.4, 0.5) is 0 Å². The van der Waals surface area contributed by atoms with Crippen molar-refractivity contribution >= 4 is 23.1 Å². The molecule has 0 aliphatic heterocycles. The van der Waals surface area contributed by atoms with Crippen LogP contribution in [0.5, 0.6) is 0 Å². The molecule has 15 heavy (non-hydrogen) atoms. The maximum absolute atomic E-state index is 11.8. The standard InChI is InChI=1S/C10H20N2O2S/c1-5-7(8(11)15)9(13)12-10(2,3)6-14-4/h7H,5-6H2,1-4H3,(H2,11,15)(H,12,13). The third-order valence-electron chi connectivity index (χ3n) is 2.03. The second-order valence-corrected chi connectivity index (χ2v) is 4.64. The number of nitrogens with two attached hydrogens (primary N) is 1. The van der Waals surface area contributed by atoms with Crippen LogP contribution >= 0.6 is 12.2 Å². The summed E-state index contributed by atoms with van der Waals surface area (Å²) in [7, 11) is 1.60. The molecule has 0 aromatic heterocycles. The highest BCUT2D eigenvalue weighted by Gasteiger charge is 2.26. The van der Waals surface area contributed by atoms with Crippen LogP contribution in [0.2, 0.25) is 0 Å². The summed E-state index contributed by atoms with van der Waals surface area (Å²) in [6.45, 7) is 6.11. The summed E-state index contributed by atoms with van der Waals surface area (Å²) in [4.78, 5) is 12.0. The Hall–Kier alpha value is -0.680. The lowest BCUT2D eigenvalue weighted by Gasteiger charge is -2.27. The number of thiocarbonyl (C=S) groups is 1. The molecule has 0 heterocycles. The van der Waals surface area contributed by atoms with E-state index in [-0.39, 0.29) is 10.9 Å². The van der Waals surface area contributed by atoms with E-state index in [0.29, 0.717) is 13.0 Å². The number of ether oxygens (including phenoxy) is 1. The van der Waals surface area contributed by atoms with Gasteiger partial charge in [0, 0.05) is 7.11 Å². The van der Waals surface area contributed by atoms with E-state index in [0.717, 1.165) is 0 Å². The first kappa shape index (κ1) is 14.3. The first-order valence-corrected chi connectivity index (χ1v) is 5.35.